The van der Waals surface area contributed by atoms with Crippen LogP contribution >= 0.6 is 0 Å². The molecule has 1 aromatic carbocycles. The molecular weight excluding hydrogens is 308 g/mol. The third kappa shape index (κ3) is 4.47. The van der Waals surface area contributed by atoms with E-state index in [1.165, 1.54) is 24.0 Å². The number of pyridine rings is 1. The van der Waals surface area contributed by atoms with Crippen molar-refractivity contribution in [3.63, 3.8) is 0 Å². The number of amides is 1. The van der Waals surface area contributed by atoms with Crippen LogP contribution in [0.15, 0.2) is 36.7 Å². The Kier molecular flexibility index (Phi) is 4.94. The molecule has 1 aromatic heterocycles. The van der Waals surface area contributed by atoms with Gasteiger partial charge in [-0.25, -0.2) is 0 Å². The summed E-state index contributed by atoms with van der Waals surface area (Å²) in [4.78, 5) is 17.0. The maximum absolute atomic E-state index is 12.7. The van der Waals surface area contributed by atoms with Crippen molar-refractivity contribution < 1.29 is 4.79 Å². The number of aryl methyl sites for hydroxylation is 2. The van der Waals surface area contributed by atoms with Gasteiger partial charge in [-0.05, 0) is 50.2 Å². The van der Waals surface area contributed by atoms with Gasteiger partial charge in [0.25, 0.3) is 5.91 Å². The number of carbonyl (C=O) groups is 1. The number of aromatic nitrogens is 1. The average Bonchev–Trinajstić information content (AvgIpc) is 2.53. The number of hydrogen-bond donors (Lipinski definition) is 1. The van der Waals surface area contributed by atoms with Gasteiger partial charge in [0.1, 0.15) is 0 Å². The van der Waals surface area contributed by atoms with Crippen LogP contribution in [0, 0.1) is 19.3 Å². The molecule has 1 fully saturated rings. The van der Waals surface area contributed by atoms with E-state index in [4.69, 9.17) is 0 Å². The molecule has 3 nitrogen and oxygen atoms in total. The first kappa shape index (κ1) is 17.7. The zero-order valence-electron chi connectivity index (χ0n) is 15.7. The van der Waals surface area contributed by atoms with Crippen molar-refractivity contribution in [2.45, 2.75) is 59.4 Å². The lowest BCUT2D eigenvalue weighted by atomic mass is 9.75. The topological polar surface area (TPSA) is 42.0 Å². The van der Waals surface area contributed by atoms with Gasteiger partial charge in [-0.2, -0.15) is 0 Å². The minimum absolute atomic E-state index is 0.0126. The summed E-state index contributed by atoms with van der Waals surface area (Å²) in [6.07, 6.45) is 8.02. The Morgan fingerprint density at radius 1 is 1.08 bits per heavy atom. The normalized spacial score (nSPS) is 19.4. The van der Waals surface area contributed by atoms with Crippen LogP contribution in [-0.4, -0.2) is 16.9 Å². The van der Waals surface area contributed by atoms with Gasteiger partial charge >= 0.3 is 0 Å². The minimum atomic E-state index is -0.0126. The summed E-state index contributed by atoms with van der Waals surface area (Å²) in [5.74, 6) is -0.0126. The van der Waals surface area contributed by atoms with Gasteiger partial charge in [-0.1, -0.05) is 49.6 Å². The summed E-state index contributed by atoms with van der Waals surface area (Å²) in [5.41, 5.74) is 5.49. The second-order valence-electron chi connectivity index (χ2n) is 8.27. The van der Waals surface area contributed by atoms with Crippen LogP contribution in [0.4, 0.5) is 0 Å². The zero-order chi connectivity index (χ0) is 18.0. The Bertz CT molecular complexity index is 759. The number of benzene rings is 1. The molecule has 0 saturated heterocycles. The quantitative estimate of drug-likeness (QED) is 0.851. The maximum atomic E-state index is 12.7. The molecule has 1 unspecified atom stereocenters. The van der Waals surface area contributed by atoms with Gasteiger partial charge in [-0.3, -0.25) is 9.78 Å². The van der Waals surface area contributed by atoms with Gasteiger partial charge in [0.2, 0.25) is 0 Å². The van der Waals surface area contributed by atoms with E-state index in [-0.39, 0.29) is 11.9 Å². The molecule has 0 bridgehead atoms. The lowest BCUT2D eigenvalue weighted by Crippen LogP contribution is -2.40. The van der Waals surface area contributed by atoms with E-state index < -0.39 is 0 Å². The molecule has 1 N–H and O–H groups in total. The maximum Gasteiger partial charge on any atom is 0.253 e. The van der Waals surface area contributed by atoms with E-state index in [1.807, 2.05) is 12.3 Å². The summed E-state index contributed by atoms with van der Waals surface area (Å²) in [6, 6.07) is 8.63. The van der Waals surface area contributed by atoms with Crippen molar-refractivity contribution >= 4 is 5.91 Å². The lowest BCUT2D eigenvalue weighted by molar-refractivity contribution is 0.0902. The minimum Gasteiger partial charge on any atom is -0.349 e. The van der Waals surface area contributed by atoms with E-state index in [9.17, 15) is 4.79 Å². The Morgan fingerprint density at radius 2 is 1.80 bits per heavy atom. The predicted molar refractivity (Wildman–Crippen MR) is 103 cm³/mol. The predicted octanol–water partition coefficient (Wildman–Crippen LogP) is 5.06. The van der Waals surface area contributed by atoms with Gasteiger partial charge < -0.3 is 5.32 Å². The second kappa shape index (κ2) is 6.99. The Morgan fingerprint density at radius 3 is 2.48 bits per heavy atom. The number of nitrogens with one attached hydrogen (secondary N) is 1. The molecule has 0 spiro atoms. The first-order valence-corrected chi connectivity index (χ1v) is 9.17. The van der Waals surface area contributed by atoms with Crippen LogP contribution in [0.25, 0.3) is 11.1 Å². The van der Waals surface area contributed by atoms with Crippen LogP contribution in [0.5, 0.6) is 0 Å². The van der Waals surface area contributed by atoms with Crippen LogP contribution in [0.3, 0.4) is 0 Å². The number of hydrogen-bond acceptors (Lipinski definition) is 2. The van der Waals surface area contributed by atoms with E-state index in [1.54, 1.807) is 6.20 Å². The fourth-order valence-electron chi connectivity index (χ4n) is 3.95. The van der Waals surface area contributed by atoms with Gasteiger partial charge in [0.15, 0.2) is 0 Å². The molecule has 132 valence electrons. The average molecular weight is 336 g/mol. The Labute approximate surface area is 150 Å². The third-order valence-corrected chi connectivity index (χ3v) is 5.10. The number of nitrogens with zero attached hydrogens (tertiary/aromatic N) is 1. The monoisotopic (exact) mass is 336 g/mol. The van der Waals surface area contributed by atoms with E-state index in [2.05, 4.69) is 56.2 Å². The third-order valence-electron chi connectivity index (χ3n) is 5.10. The van der Waals surface area contributed by atoms with Crippen molar-refractivity contribution in [2.75, 3.05) is 0 Å². The summed E-state index contributed by atoms with van der Waals surface area (Å²) in [6.45, 7) is 8.75. The van der Waals surface area contributed by atoms with Crippen molar-refractivity contribution in [1.29, 1.82) is 0 Å². The molecule has 1 saturated carbocycles. The smallest absolute Gasteiger partial charge is 0.253 e. The van der Waals surface area contributed by atoms with E-state index in [0.29, 0.717) is 11.0 Å². The van der Waals surface area contributed by atoms with E-state index in [0.717, 1.165) is 24.0 Å². The van der Waals surface area contributed by atoms with Crippen molar-refractivity contribution in [3.05, 3.63) is 53.3 Å². The summed E-state index contributed by atoms with van der Waals surface area (Å²) < 4.78 is 0. The highest BCUT2D eigenvalue weighted by molar-refractivity contribution is 5.95. The van der Waals surface area contributed by atoms with Crippen LogP contribution < -0.4 is 5.32 Å². The second-order valence-corrected chi connectivity index (χ2v) is 8.27. The highest BCUT2D eigenvalue weighted by atomic mass is 16.1. The molecule has 25 heavy (non-hydrogen) atoms. The molecule has 2 aromatic rings. The number of rotatable bonds is 3. The van der Waals surface area contributed by atoms with Crippen molar-refractivity contribution in [2.24, 2.45) is 5.41 Å². The molecule has 3 heteroatoms. The molecular formula is C22H28N2O. The molecule has 1 aliphatic carbocycles. The van der Waals surface area contributed by atoms with Crippen LogP contribution in [0.1, 0.15) is 61.0 Å². The molecule has 0 radical (unpaired) electrons. The van der Waals surface area contributed by atoms with Crippen LogP contribution in [0.2, 0.25) is 0 Å². The highest BCUT2D eigenvalue weighted by Gasteiger charge is 2.29. The van der Waals surface area contributed by atoms with Crippen molar-refractivity contribution in [3.8, 4) is 11.1 Å². The number of carbonyl (C=O) groups excluding carboxylic acids is 1. The SMILES string of the molecule is Cc1cc(C)cc(-c2cncc(C(=O)NC3CCCC(C)(C)C3)c2)c1. The van der Waals surface area contributed by atoms with E-state index >= 15 is 0 Å². The Balaban J connectivity index is 1.78. The van der Waals surface area contributed by atoms with Gasteiger partial charge in [0.05, 0.1) is 5.56 Å². The molecule has 1 amide bonds. The molecule has 1 atom stereocenters. The zero-order valence-corrected chi connectivity index (χ0v) is 15.7. The standard InChI is InChI=1S/C22H28N2O/c1-15-8-16(2)10-17(9-15)18-11-19(14-23-13-18)21(25)24-20-6-5-7-22(3,4)12-20/h8-11,13-14,20H,5-7,12H2,1-4H3,(H,24,25). The summed E-state index contributed by atoms with van der Waals surface area (Å²) >= 11 is 0. The Hall–Kier alpha value is -2.16. The van der Waals surface area contributed by atoms with Gasteiger partial charge in [0, 0.05) is 24.0 Å². The first-order chi connectivity index (χ1) is 11.8. The lowest BCUT2D eigenvalue weighted by Gasteiger charge is -2.35. The fourth-order valence-corrected chi connectivity index (χ4v) is 3.95. The molecule has 1 heterocycles. The summed E-state index contributed by atoms with van der Waals surface area (Å²) in [5, 5.41) is 3.21. The van der Waals surface area contributed by atoms with Gasteiger partial charge in [-0.15, -0.1) is 0 Å². The molecule has 0 aliphatic heterocycles. The largest absolute Gasteiger partial charge is 0.349 e. The molecule has 1 aliphatic rings. The fraction of sp³-hybridized carbons (Fsp3) is 0.455. The summed E-state index contributed by atoms with van der Waals surface area (Å²) in [7, 11) is 0. The first-order valence-electron chi connectivity index (χ1n) is 9.17. The molecule has 3 rings (SSSR count). The highest BCUT2D eigenvalue weighted by Crippen LogP contribution is 2.35. The van der Waals surface area contributed by atoms with Crippen molar-refractivity contribution in [1.82, 2.24) is 10.3 Å². The van der Waals surface area contributed by atoms with Crippen LogP contribution in [-0.2, 0) is 0 Å².